The first kappa shape index (κ1) is 18.7. The minimum Gasteiger partial charge on any atom is -0.497 e. The summed E-state index contributed by atoms with van der Waals surface area (Å²) in [4.78, 5) is 16.7. The topological polar surface area (TPSA) is 32.8 Å². The maximum atomic E-state index is 13.2. The van der Waals surface area contributed by atoms with Crippen molar-refractivity contribution >= 4 is 17.7 Å². The minimum absolute atomic E-state index is 0.0340. The molecule has 0 spiro atoms. The number of amides is 1. The summed E-state index contributed by atoms with van der Waals surface area (Å²) in [6.07, 6.45) is 0. The third kappa shape index (κ3) is 4.56. The maximum Gasteiger partial charge on any atom is 0.237 e. The number of likely N-dealkylation sites (N-methyl/N-ethyl adjacent to an activating group) is 1. The van der Waals surface area contributed by atoms with Gasteiger partial charge in [0, 0.05) is 18.8 Å². The van der Waals surface area contributed by atoms with Crippen molar-refractivity contribution in [1.29, 1.82) is 0 Å². The standard InChI is InChI=1S/C20H23FN2O2S/c1-22(13-15-4-3-5-18(12-15)25-2)14-19(24)23-10-11-26-20(23)16-6-8-17(21)9-7-16/h3-9,12,20H,10-11,13-14H2,1-2H3. The molecule has 2 aromatic carbocycles. The third-order valence-electron chi connectivity index (χ3n) is 4.36. The zero-order valence-electron chi connectivity index (χ0n) is 15.0. The number of methoxy groups -OCH3 is 1. The van der Waals surface area contributed by atoms with Gasteiger partial charge in [0.05, 0.1) is 13.7 Å². The van der Waals surface area contributed by atoms with Gasteiger partial charge in [0.1, 0.15) is 16.9 Å². The maximum absolute atomic E-state index is 13.2. The second kappa shape index (κ2) is 8.56. The fourth-order valence-electron chi connectivity index (χ4n) is 3.09. The van der Waals surface area contributed by atoms with Crippen molar-refractivity contribution in [2.45, 2.75) is 11.9 Å². The fraction of sp³-hybridized carbons (Fsp3) is 0.350. The molecule has 6 heteroatoms. The van der Waals surface area contributed by atoms with E-state index in [9.17, 15) is 9.18 Å². The van der Waals surface area contributed by atoms with Crippen LogP contribution >= 0.6 is 11.8 Å². The Morgan fingerprint density at radius 3 is 2.81 bits per heavy atom. The lowest BCUT2D eigenvalue weighted by atomic mass is 10.2. The average molecular weight is 374 g/mol. The number of hydrogen-bond donors (Lipinski definition) is 0. The van der Waals surface area contributed by atoms with E-state index in [-0.39, 0.29) is 17.1 Å². The molecule has 1 fully saturated rings. The van der Waals surface area contributed by atoms with Crippen LogP contribution in [0.3, 0.4) is 0 Å². The van der Waals surface area contributed by atoms with Crippen molar-refractivity contribution in [2.24, 2.45) is 0 Å². The quantitative estimate of drug-likeness (QED) is 0.774. The Morgan fingerprint density at radius 2 is 2.08 bits per heavy atom. The molecule has 2 aromatic rings. The number of halogens is 1. The molecule has 1 aliphatic heterocycles. The molecular formula is C20H23FN2O2S. The second-order valence-corrected chi connectivity index (χ2v) is 7.57. The zero-order chi connectivity index (χ0) is 18.5. The van der Waals surface area contributed by atoms with Gasteiger partial charge in [0.2, 0.25) is 5.91 Å². The number of carbonyl (C=O) groups excluding carboxylic acids is 1. The van der Waals surface area contributed by atoms with Gasteiger partial charge < -0.3 is 9.64 Å². The van der Waals surface area contributed by atoms with E-state index < -0.39 is 0 Å². The van der Waals surface area contributed by atoms with E-state index >= 15 is 0 Å². The summed E-state index contributed by atoms with van der Waals surface area (Å²) < 4.78 is 18.4. The number of thioether (sulfide) groups is 1. The molecule has 1 aliphatic rings. The van der Waals surface area contributed by atoms with Crippen LogP contribution in [-0.2, 0) is 11.3 Å². The van der Waals surface area contributed by atoms with E-state index in [0.717, 1.165) is 29.2 Å². The summed E-state index contributed by atoms with van der Waals surface area (Å²) in [5, 5.41) is -0.0340. The van der Waals surface area contributed by atoms with E-state index in [1.807, 2.05) is 41.1 Å². The van der Waals surface area contributed by atoms with Crippen molar-refractivity contribution < 1.29 is 13.9 Å². The summed E-state index contributed by atoms with van der Waals surface area (Å²) in [7, 11) is 3.58. The molecule has 0 radical (unpaired) electrons. The van der Waals surface area contributed by atoms with Gasteiger partial charge in [-0.3, -0.25) is 9.69 Å². The van der Waals surface area contributed by atoms with Crippen LogP contribution in [0.2, 0.25) is 0 Å². The van der Waals surface area contributed by atoms with Gasteiger partial charge in [0.15, 0.2) is 0 Å². The van der Waals surface area contributed by atoms with Crippen molar-refractivity contribution in [1.82, 2.24) is 9.80 Å². The van der Waals surface area contributed by atoms with Crippen molar-refractivity contribution in [3.63, 3.8) is 0 Å². The molecule has 1 unspecified atom stereocenters. The van der Waals surface area contributed by atoms with Crippen molar-refractivity contribution in [3.05, 3.63) is 65.5 Å². The van der Waals surface area contributed by atoms with E-state index in [1.165, 1.54) is 12.1 Å². The lowest BCUT2D eigenvalue weighted by molar-refractivity contribution is -0.132. The first-order chi connectivity index (χ1) is 12.6. The van der Waals surface area contributed by atoms with Crippen LogP contribution in [0.1, 0.15) is 16.5 Å². The predicted molar refractivity (Wildman–Crippen MR) is 103 cm³/mol. The highest BCUT2D eigenvalue weighted by Gasteiger charge is 2.30. The molecule has 4 nitrogen and oxygen atoms in total. The van der Waals surface area contributed by atoms with E-state index in [4.69, 9.17) is 4.74 Å². The number of rotatable bonds is 6. The van der Waals surface area contributed by atoms with Crippen LogP contribution in [0.4, 0.5) is 4.39 Å². The zero-order valence-corrected chi connectivity index (χ0v) is 15.8. The summed E-state index contributed by atoms with van der Waals surface area (Å²) in [5.41, 5.74) is 2.07. The molecule has 0 N–H and O–H groups in total. The van der Waals surface area contributed by atoms with Gasteiger partial charge in [0.25, 0.3) is 0 Å². The number of benzene rings is 2. The molecule has 1 saturated heterocycles. The van der Waals surface area contributed by atoms with Gasteiger partial charge in [-0.2, -0.15) is 0 Å². The highest BCUT2D eigenvalue weighted by molar-refractivity contribution is 7.99. The van der Waals surface area contributed by atoms with Crippen LogP contribution in [0.5, 0.6) is 5.75 Å². The van der Waals surface area contributed by atoms with Gasteiger partial charge in [-0.05, 0) is 42.4 Å². The first-order valence-electron chi connectivity index (χ1n) is 8.55. The summed E-state index contributed by atoms with van der Waals surface area (Å²) in [6.45, 7) is 1.74. The monoisotopic (exact) mass is 374 g/mol. The minimum atomic E-state index is -0.257. The van der Waals surface area contributed by atoms with Gasteiger partial charge in [-0.25, -0.2) is 4.39 Å². The normalized spacial score (nSPS) is 16.9. The molecule has 1 atom stereocenters. The Kier molecular flexibility index (Phi) is 6.16. The van der Waals surface area contributed by atoms with E-state index in [1.54, 1.807) is 31.0 Å². The Labute approximate surface area is 157 Å². The molecule has 138 valence electrons. The van der Waals surface area contributed by atoms with Gasteiger partial charge in [-0.1, -0.05) is 24.3 Å². The Morgan fingerprint density at radius 1 is 1.31 bits per heavy atom. The van der Waals surface area contributed by atoms with Crippen molar-refractivity contribution in [2.75, 3.05) is 33.0 Å². The van der Waals surface area contributed by atoms with Crippen LogP contribution in [0.15, 0.2) is 48.5 Å². The molecule has 26 heavy (non-hydrogen) atoms. The molecule has 0 aliphatic carbocycles. The summed E-state index contributed by atoms with van der Waals surface area (Å²) in [6, 6.07) is 14.3. The van der Waals surface area contributed by atoms with Crippen LogP contribution in [0, 0.1) is 5.82 Å². The smallest absolute Gasteiger partial charge is 0.237 e. The Bertz CT molecular complexity index is 754. The molecular weight excluding hydrogens is 351 g/mol. The molecule has 0 bridgehead atoms. The Hall–Kier alpha value is -2.05. The SMILES string of the molecule is COc1cccc(CN(C)CC(=O)N2CCSC2c2ccc(F)cc2)c1. The number of ether oxygens (including phenoxy) is 1. The molecule has 0 aromatic heterocycles. The second-order valence-electron chi connectivity index (χ2n) is 6.39. The third-order valence-corrected chi connectivity index (χ3v) is 5.62. The summed E-state index contributed by atoms with van der Waals surface area (Å²) >= 11 is 1.72. The fourth-order valence-corrected chi connectivity index (χ4v) is 4.37. The summed E-state index contributed by atoms with van der Waals surface area (Å²) in [5.74, 6) is 1.55. The van der Waals surface area contributed by atoms with E-state index in [0.29, 0.717) is 13.1 Å². The van der Waals surface area contributed by atoms with Crippen molar-refractivity contribution in [3.8, 4) is 5.75 Å². The highest BCUT2D eigenvalue weighted by Crippen LogP contribution is 2.37. The lowest BCUT2D eigenvalue weighted by Gasteiger charge is -2.26. The molecule has 1 heterocycles. The van der Waals surface area contributed by atoms with E-state index in [2.05, 4.69) is 0 Å². The molecule has 1 amide bonds. The molecule has 3 rings (SSSR count). The average Bonchev–Trinajstić information content (AvgIpc) is 3.12. The van der Waals surface area contributed by atoms with Crippen LogP contribution in [0.25, 0.3) is 0 Å². The first-order valence-corrected chi connectivity index (χ1v) is 9.59. The number of hydrogen-bond acceptors (Lipinski definition) is 4. The largest absolute Gasteiger partial charge is 0.497 e. The number of carbonyl (C=O) groups is 1. The lowest BCUT2D eigenvalue weighted by Crippen LogP contribution is -2.38. The van der Waals surface area contributed by atoms with Gasteiger partial charge >= 0.3 is 0 Å². The highest BCUT2D eigenvalue weighted by atomic mass is 32.2. The Balaban J connectivity index is 1.61. The van der Waals surface area contributed by atoms with Crippen LogP contribution in [-0.4, -0.2) is 48.7 Å². The van der Waals surface area contributed by atoms with Crippen LogP contribution < -0.4 is 4.74 Å². The predicted octanol–water partition coefficient (Wildman–Crippen LogP) is 3.54. The number of nitrogens with zero attached hydrogens (tertiary/aromatic N) is 2. The molecule has 0 saturated carbocycles. The van der Waals surface area contributed by atoms with Gasteiger partial charge in [-0.15, -0.1) is 11.8 Å².